The van der Waals surface area contributed by atoms with Gasteiger partial charge in [-0.25, -0.2) is 4.83 Å². The smallest absolute Gasteiger partial charge is 0.276 e. The Kier molecular flexibility index (Phi) is 4.16. The molecule has 0 radical (unpaired) electrons. The molecule has 2 aromatic rings. The predicted molar refractivity (Wildman–Crippen MR) is 89.9 cm³/mol. The van der Waals surface area contributed by atoms with E-state index < -0.39 is 10.0 Å². The van der Waals surface area contributed by atoms with E-state index >= 15 is 0 Å². The molecule has 1 N–H and O–H groups in total. The molecule has 23 heavy (non-hydrogen) atoms. The molecule has 118 valence electrons. The Morgan fingerprint density at radius 3 is 2.65 bits per heavy atom. The number of aryl methyl sites for hydroxylation is 1. The Bertz CT molecular complexity index is 869. The Labute approximate surface area is 135 Å². The number of hydrogen-bond donors (Lipinski definition) is 1. The molecule has 0 aliphatic carbocycles. The molecule has 1 aliphatic heterocycles. The van der Waals surface area contributed by atoms with Gasteiger partial charge in [0.1, 0.15) is 12.4 Å². The van der Waals surface area contributed by atoms with Crippen LogP contribution in [0.3, 0.4) is 0 Å². The van der Waals surface area contributed by atoms with E-state index in [9.17, 15) is 8.42 Å². The summed E-state index contributed by atoms with van der Waals surface area (Å²) in [7, 11) is -3.65. The van der Waals surface area contributed by atoms with Crippen LogP contribution in [0.25, 0.3) is 6.08 Å². The van der Waals surface area contributed by atoms with Crippen LogP contribution in [0, 0.1) is 6.92 Å². The lowest BCUT2D eigenvalue weighted by Gasteiger charge is -2.15. The number of hydrogen-bond acceptors (Lipinski definition) is 4. The molecule has 1 heterocycles. The topological polar surface area (TPSA) is 67.8 Å². The summed E-state index contributed by atoms with van der Waals surface area (Å²) >= 11 is 0. The van der Waals surface area contributed by atoms with E-state index in [0.29, 0.717) is 6.61 Å². The highest BCUT2D eigenvalue weighted by Gasteiger charge is 2.13. The molecule has 0 saturated heterocycles. The van der Waals surface area contributed by atoms with Gasteiger partial charge in [0.2, 0.25) is 0 Å². The standard InChI is InChI=1S/C17H16N2O3S/c1-13-6-8-16(9-7-13)23(20,21)19-18-11-14-10-15-4-2-3-5-17(15)22-12-14/h2-11,19H,12H2,1H3. The molecule has 3 rings (SSSR count). The van der Waals surface area contributed by atoms with Gasteiger partial charge in [0.25, 0.3) is 10.0 Å². The summed E-state index contributed by atoms with van der Waals surface area (Å²) in [5, 5.41) is 3.83. The average Bonchev–Trinajstić information content (AvgIpc) is 2.55. The molecule has 6 heteroatoms. The minimum Gasteiger partial charge on any atom is -0.488 e. The maximum atomic E-state index is 12.1. The third-order valence-electron chi connectivity index (χ3n) is 3.39. The molecule has 0 amide bonds. The predicted octanol–water partition coefficient (Wildman–Crippen LogP) is 2.74. The van der Waals surface area contributed by atoms with Crippen LogP contribution in [-0.2, 0) is 10.0 Å². The lowest BCUT2D eigenvalue weighted by Crippen LogP contribution is -2.19. The maximum absolute atomic E-state index is 12.1. The van der Waals surface area contributed by atoms with Gasteiger partial charge in [-0.15, -0.1) is 0 Å². The largest absolute Gasteiger partial charge is 0.488 e. The van der Waals surface area contributed by atoms with Crippen LogP contribution in [0.4, 0.5) is 0 Å². The van der Waals surface area contributed by atoms with Gasteiger partial charge in [0, 0.05) is 11.1 Å². The van der Waals surface area contributed by atoms with Gasteiger partial charge < -0.3 is 4.74 Å². The fraction of sp³-hybridized carbons (Fsp3) is 0.118. The highest BCUT2D eigenvalue weighted by molar-refractivity contribution is 7.89. The number of fused-ring (bicyclic) bond motifs is 1. The van der Waals surface area contributed by atoms with E-state index in [-0.39, 0.29) is 4.90 Å². The van der Waals surface area contributed by atoms with Gasteiger partial charge in [-0.1, -0.05) is 35.9 Å². The summed E-state index contributed by atoms with van der Waals surface area (Å²) in [5.74, 6) is 0.810. The first kappa shape index (κ1) is 15.3. The number of ether oxygens (including phenoxy) is 1. The minimum absolute atomic E-state index is 0.180. The number of benzene rings is 2. The Morgan fingerprint density at radius 2 is 1.87 bits per heavy atom. The molecular formula is C17H16N2O3S. The molecule has 0 bridgehead atoms. The number of para-hydroxylation sites is 1. The molecule has 1 aliphatic rings. The first-order chi connectivity index (χ1) is 11.0. The van der Waals surface area contributed by atoms with Crippen LogP contribution in [0.15, 0.2) is 64.1 Å². The van der Waals surface area contributed by atoms with Crippen molar-refractivity contribution in [1.82, 2.24) is 4.83 Å². The summed E-state index contributed by atoms with van der Waals surface area (Å²) < 4.78 is 29.8. The molecule has 0 unspecified atom stereocenters. The van der Waals surface area contributed by atoms with Crippen molar-refractivity contribution in [1.29, 1.82) is 0 Å². The summed E-state index contributed by atoms with van der Waals surface area (Å²) in [6, 6.07) is 14.2. The third kappa shape index (κ3) is 3.60. The Hall–Kier alpha value is -2.60. The van der Waals surface area contributed by atoms with Gasteiger partial charge in [0.15, 0.2) is 0 Å². The van der Waals surface area contributed by atoms with Crippen LogP contribution in [-0.4, -0.2) is 21.2 Å². The van der Waals surface area contributed by atoms with E-state index in [4.69, 9.17) is 4.74 Å². The molecule has 2 aromatic carbocycles. The summed E-state index contributed by atoms with van der Waals surface area (Å²) in [4.78, 5) is 2.39. The van der Waals surface area contributed by atoms with Crippen molar-refractivity contribution in [2.24, 2.45) is 5.10 Å². The molecule has 0 atom stereocenters. The quantitative estimate of drug-likeness (QED) is 0.693. The van der Waals surface area contributed by atoms with Crippen molar-refractivity contribution in [3.63, 3.8) is 0 Å². The normalized spacial score (nSPS) is 14.0. The summed E-state index contributed by atoms with van der Waals surface area (Å²) in [6.45, 7) is 2.25. The van der Waals surface area contributed by atoms with Gasteiger partial charge in [-0.3, -0.25) is 0 Å². The van der Waals surface area contributed by atoms with E-state index in [2.05, 4.69) is 9.93 Å². The average molecular weight is 328 g/mol. The number of nitrogens with one attached hydrogen (secondary N) is 1. The van der Waals surface area contributed by atoms with Crippen molar-refractivity contribution in [3.05, 3.63) is 65.2 Å². The zero-order valence-corrected chi connectivity index (χ0v) is 13.4. The molecule has 0 fully saturated rings. The van der Waals surface area contributed by atoms with Crippen LogP contribution >= 0.6 is 0 Å². The minimum atomic E-state index is -3.65. The number of rotatable bonds is 4. The molecule has 5 nitrogen and oxygen atoms in total. The SMILES string of the molecule is Cc1ccc(S(=O)(=O)NN=CC2=Cc3ccccc3OC2)cc1. The number of nitrogens with zero attached hydrogens (tertiary/aromatic N) is 1. The van der Waals surface area contributed by atoms with Gasteiger partial charge >= 0.3 is 0 Å². The van der Waals surface area contributed by atoms with Crippen molar-refractivity contribution in [3.8, 4) is 5.75 Å². The van der Waals surface area contributed by atoms with Crippen LogP contribution in [0.5, 0.6) is 5.75 Å². The van der Waals surface area contributed by atoms with Gasteiger partial charge in [0.05, 0.1) is 11.1 Å². The van der Waals surface area contributed by atoms with Crippen LogP contribution in [0.2, 0.25) is 0 Å². The van der Waals surface area contributed by atoms with Gasteiger partial charge in [-0.05, 0) is 31.2 Å². The van der Waals surface area contributed by atoms with E-state index in [1.54, 1.807) is 24.3 Å². The maximum Gasteiger partial charge on any atom is 0.276 e. The first-order valence-corrected chi connectivity index (χ1v) is 8.57. The second kappa shape index (κ2) is 6.26. The van der Waals surface area contributed by atoms with Crippen molar-refractivity contribution in [2.75, 3.05) is 6.61 Å². The summed E-state index contributed by atoms with van der Waals surface area (Å²) in [6.07, 6.45) is 3.38. The fourth-order valence-electron chi connectivity index (χ4n) is 2.16. The number of hydrazone groups is 1. The molecule has 0 spiro atoms. The van der Waals surface area contributed by atoms with E-state index in [1.165, 1.54) is 6.21 Å². The fourth-order valence-corrected chi connectivity index (χ4v) is 2.95. The van der Waals surface area contributed by atoms with Crippen molar-refractivity contribution >= 4 is 22.3 Å². The first-order valence-electron chi connectivity index (χ1n) is 7.08. The highest BCUT2D eigenvalue weighted by Crippen LogP contribution is 2.24. The molecule has 0 aromatic heterocycles. The van der Waals surface area contributed by atoms with Crippen LogP contribution < -0.4 is 9.57 Å². The second-order valence-electron chi connectivity index (χ2n) is 5.21. The van der Waals surface area contributed by atoms with E-state index in [0.717, 1.165) is 22.4 Å². The Balaban J connectivity index is 1.72. The lowest BCUT2D eigenvalue weighted by atomic mass is 10.1. The zero-order valence-electron chi connectivity index (χ0n) is 12.6. The highest BCUT2D eigenvalue weighted by atomic mass is 32.2. The van der Waals surface area contributed by atoms with Gasteiger partial charge in [-0.2, -0.15) is 13.5 Å². The second-order valence-corrected chi connectivity index (χ2v) is 6.87. The van der Waals surface area contributed by atoms with Crippen molar-refractivity contribution in [2.45, 2.75) is 11.8 Å². The lowest BCUT2D eigenvalue weighted by molar-refractivity contribution is 0.353. The van der Waals surface area contributed by atoms with Crippen LogP contribution in [0.1, 0.15) is 11.1 Å². The van der Waals surface area contributed by atoms with Crippen molar-refractivity contribution < 1.29 is 13.2 Å². The number of sulfonamides is 1. The van der Waals surface area contributed by atoms with E-state index in [1.807, 2.05) is 37.3 Å². The molecular weight excluding hydrogens is 312 g/mol. The zero-order chi connectivity index (χ0) is 16.3. The Morgan fingerprint density at radius 1 is 1.13 bits per heavy atom. The summed E-state index contributed by atoms with van der Waals surface area (Å²) in [5.41, 5.74) is 2.73. The monoisotopic (exact) mass is 328 g/mol. The molecule has 0 saturated carbocycles. The third-order valence-corrected chi connectivity index (χ3v) is 4.63.